The first kappa shape index (κ1) is 20.4. The van der Waals surface area contributed by atoms with E-state index in [1.165, 1.54) is 0 Å². The molecule has 3 rings (SSSR count). The van der Waals surface area contributed by atoms with Crippen LogP contribution >= 0.6 is 23.4 Å². The maximum atomic E-state index is 12.5. The number of thioether (sulfide) groups is 1. The standard InChI is InChI=1S/C21H22ClN3O2S/c1-13(2)20-24-21(27-25-20)17-6-4-5-14(3)19(17)23-18(26)11-12-28-16-9-7-15(22)8-10-16/h4-10,13H,11-12H2,1-3H3,(H,23,26). The number of amides is 1. The summed E-state index contributed by atoms with van der Waals surface area (Å²) >= 11 is 7.51. The van der Waals surface area contributed by atoms with Crippen LogP contribution in [0.1, 0.15) is 37.6 Å². The Kier molecular flexibility index (Phi) is 6.75. The van der Waals surface area contributed by atoms with E-state index in [0.29, 0.717) is 34.6 Å². The number of benzene rings is 2. The zero-order valence-corrected chi connectivity index (χ0v) is 17.6. The van der Waals surface area contributed by atoms with Gasteiger partial charge in [0.2, 0.25) is 5.91 Å². The van der Waals surface area contributed by atoms with Crippen LogP contribution in [0.5, 0.6) is 0 Å². The number of aromatic nitrogens is 2. The normalized spacial score (nSPS) is 11.0. The van der Waals surface area contributed by atoms with Crippen LogP contribution in [0, 0.1) is 6.92 Å². The van der Waals surface area contributed by atoms with Gasteiger partial charge in [-0.15, -0.1) is 11.8 Å². The molecule has 1 N–H and O–H groups in total. The second-order valence-corrected chi connectivity index (χ2v) is 8.32. The smallest absolute Gasteiger partial charge is 0.260 e. The number of aryl methyl sites for hydroxylation is 1. The molecule has 1 aromatic heterocycles. The number of para-hydroxylation sites is 1. The molecule has 3 aromatic rings. The van der Waals surface area contributed by atoms with E-state index in [4.69, 9.17) is 16.1 Å². The summed E-state index contributed by atoms with van der Waals surface area (Å²) in [5.41, 5.74) is 2.39. The van der Waals surface area contributed by atoms with Gasteiger partial charge >= 0.3 is 0 Å². The highest BCUT2D eigenvalue weighted by atomic mass is 35.5. The van der Waals surface area contributed by atoms with Gasteiger partial charge in [-0.3, -0.25) is 4.79 Å². The molecule has 146 valence electrons. The number of carbonyl (C=O) groups excluding carboxylic acids is 1. The minimum Gasteiger partial charge on any atom is -0.334 e. The van der Waals surface area contributed by atoms with Gasteiger partial charge in [-0.25, -0.2) is 0 Å². The quantitative estimate of drug-likeness (QED) is 0.483. The predicted octanol–water partition coefficient (Wildman–Crippen LogP) is 5.94. The van der Waals surface area contributed by atoms with Crippen LogP contribution in [0.2, 0.25) is 5.02 Å². The molecule has 0 spiro atoms. The number of carbonyl (C=O) groups is 1. The summed E-state index contributed by atoms with van der Waals surface area (Å²) in [6, 6.07) is 13.3. The molecule has 1 heterocycles. The highest BCUT2D eigenvalue weighted by molar-refractivity contribution is 7.99. The molecule has 0 bridgehead atoms. The molecule has 28 heavy (non-hydrogen) atoms. The molecule has 1 amide bonds. The monoisotopic (exact) mass is 415 g/mol. The minimum absolute atomic E-state index is 0.0550. The van der Waals surface area contributed by atoms with Crippen molar-refractivity contribution >= 4 is 35.0 Å². The van der Waals surface area contributed by atoms with Gasteiger partial charge in [0.1, 0.15) is 0 Å². The Labute approximate surface area is 173 Å². The third-order valence-electron chi connectivity index (χ3n) is 4.14. The number of hydrogen-bond donors (Lipinski definition) is 1. The third-order valence-corrected chi connectivity index (χ3v) is 5.40. The topological polar surface area (TPSA) is 68.0 Å². The van der Waals surface area contributed by atoms with Gasteiger partial charge in [0.25, 0.3) is 5.89 Å². The van der Waals surface area contributed by atoms with Gasteiger partial charge in [0.15, 0.2) is 5.82 Å². The van der Waals surface area contributed by atoms with Crippen molar-refractivity contribution in [3.8, 4) is 11.5 Å². The SMILES string of the molecule is Cc1cccc(-c2nc(C(C)C)no2)c1NC(=O)CCSc1ccc(Cl)cc1. The van der Waals surface area contributed by atoms with E-state index >= 15 is 0 Å². The highest BCUT2D eigenvalue weighted by Crippen LogP contribution is 2.31. The Hall–Kier alpha value is -2.31. The third kappa shape index (κ3) is 5.14. The fraction of sp³-hybridized carbons (Fsp3) is 0.286. The fourth-order valence-corrected chi connectivity index (χ4v) is 3.56. The van der Waals surface area contributed by atoms with Crippen molar-refractivity contribution in [2.45, 2.75) is 38.0 Å². The van der Waals surface area contributed by atoms with Crippen LogP contribution < -0.4 is 5.32 Å². The van der Waals surface area contributed by atoms with Crippen LogP contribution in [0.3, 0.4) is 0 Å². The summed E-state index contributed by atoms with van der Waals surface area (Å²) in [7, 11) is 0. The molecule has 2 aromatic carbocycles. The molecule has 0 fully saturated rings. The predicted molar refractivity (Wildman–Crippen MR) is 114 cm³/mol. The molecule has 0 aliphatic carbocycles. The molecular weight excluding hydrogens is 394 g/mol. The van der Waals surface area contributed by atoms with Crippen molar-refractivity contribution in [2.24, 2.45) is 0 Å². The van der Waals surface area contributed by atoms with Crippen molar-refractivity contribution in [1.82, 2.24) is 10.1 Å². The van der Waals surface area contributed by atoms with Crippen molar-refractivity contribution in [1.29, 1.82) is 0 Å². The lowest BCUT2D eigenvalue weighted by Crippen LogP contribution is -2.14. The summed E-state index contributed by atoms with van der Waals surface area (Å²) in [5.74, 6) is 1.85. The van der Waals surface area contributed by atoms with Crippen molar-refractivity contribution in [2.75, 3.05) is 11.1 Å². The molecule has 0 aliphatic heterocycles. The van der Waals surface area contributed by atoms with Gasteiger partial charge in [-0.1, -0.05) is 42.7 Å². The summed E-state index contributed by atoms with van der Waals surface area (Å²) in [4.78, 5) is 18.0. The molecule has 0 saturated heterocycles. The number of nitrogens with one attached hydrogen (secondary N) is 1. The van der Waals surface area contributed by atoms with E-state index in [1.54, 1.807) is 11.8 Å². The first-order valence-electron chi connectivity index (χ1n) is 9.06. The van der Waals surface area contributed by atoms with Gasteiger partial charge in [0, 0.05) is 28.0 Å². The molecule has 7 heteroatoms. The fourth-order valence-electron chi connectivity index (χ4n) is 2.58. The van der Waals surface area contributed by atoms with E-state index in [2.05, 4.69) is 15.5 Å². The van der Waals surface area contributed by atoms with Crippen LogP contribution in [-0.4, -0.2) is 21.8 Å². The van der Waals surface area contributed by atoms with Gasteiger partial charge in [-0.05, 0) is 42.8 Å². The lowest BCUT2D eigenvalue weighted by molar-refractivity contribution is -0.115. The molecule has 0 unspecified atom stereocenters. The Morgan fingerprint density at radius 1 is 1.21 bits per heavy atom. The molecule has 5 nitrogen and oxygen atoms in total. The number of hydrogen-bond acceptors (Lipinski definition) is 5. The largest absolute Gasteiger partial charge is 0.334 e. The second kappa shape index (κ2) is 9.26. The lowest BCUT2D eigenvalue weighted by Gasteiger charge is -2.11. The number of nitrogens with zero attached hydrogens (tertiary/aromatic N) is 2. The second-order valence-electron chi connectivity index (χ2n) is 6.71. The summed E-state index contributed by atoms with van der Waals surface area (Å²) in [6.45, 7) is 5.96. The van der Waals surface area contributed by atoms with Crippen LogP contribution in [0.4, 0.5) is 5.69 Å². The van der Waals surface area contributed by atoms with Gasteiger partial charge in [-0.2, -0.15) is 4.98 Å². The maximum absolute atomic E-state index is 12.5. The molecule has 0 atom stereocenters. The highest BCUT2D eigenvalue weighted by Gasteiger charge is 2.17. The number of anilines is 1. The summed E-state index contributed by atoms with van der Waals surface area (Å²) in [6.07, 6.45) is 0.391. The zero-order valence-electron chi connectivity index (χ0n) is 16.0. The van der Waals surface area contributed by atoms with E-state index in [0.717, 1.165) is 16.0 Å². The van der Waals surface area contributed by atoms with Crippen molar-refractivity contribution in [3.63, 3.8) is 0 Å². The Balaban J connectivity index is 1.67. The van der Waals surface area contributed by atoms with E-state index in [1.807, 2.05) is 63.2 Å². The molecule has 0 saturated carbocycles. The lowest BCUT2D eigenvalue weighted by atomic mass is 10.1. The minimum atomic E-state index is -0.0550. The van der Waals surface area contributed by atoms with E-state index in [-0.39, 0.29) is 11.8 Å². The average Bonchev–Trinajstić information content (AvgIpc) is 3.15. The number of rotatable bonds is 7. The first-order chi connectivity index (χ1) is 13.4. The molecule has 0 radical (unpaired) electrons. The van der Waals surface area contributed by atoms with Crippen LogP contribution in [-0.2, 0) is 4.79 Å². The van der Waals surface area contributed by atoms with Crippen LogP contribution in [0.25, 0.3) is 11.5 Å². The Morgan fingerprint density at radius 2 is 1.96 bits per heavy atom. The zero-order chi connectivity index (χ0) is 20.1. The van der Waals surface area contributed by atoms with E-state index < -0.39 is 0 Å². The Bertz CT molecular complexity index is 955. The average molecular weight is 416 g/mol. The maximum Gasteiger partial charge on any atom is 0.260 e. The van der Waals surface area contributed by atoms with Gasteiger partial charge in [0.05, 0.1) is 11.3 Å². The Morgan fingerprint density at radius 3 is 2.64 bits per heavy atom. The van der Waals surface area contributed by atoms with Crippen molar-refractivity contribution in [3.05, 3.63) is 58.9 Å². The van der Waals surface area contributed by atoms with Crippen molar-refractivity contribution < 1.29 is 9.32 Å². The molecular formula is C21H22ClN3O2S. The molecule has 0 aliphatic rings. The van der Waals surface area contributed by atoms with Gasteiger partial charge < -0.3 is 9.84 Å². The van der Waals surface area contributed by atoms with Crippen LogP contribution in [0.15, 0.2) is 51.9 Å². The first-order valence-corrected chi connectivity index (χ1v) is 10.4. The summed E-state index contributed by atoms with van der Waals surface area (Å²) < 4.78 is 5.41. The van der Waals surface area contributed by atoms with E-state index in [9.17, 15) is 4.79 Å². The summed E-state index contributed by atoms with van der Waals surface area (Å²) in [5, 5.41) is 7.73. The number of halogens is 1.